The Kier molecular flexibility index (Phi) is 14.8. The Hall–Kier alpha value is -5.31. The number of fused-ring (bicyclic) bond motifs is 4. The molecule has 4 aromatic rings. The number of aromatic hydroxyl groups is 2. The van der Waals surface area contributed by atoms with Crippen LogP contribution in [0.1, 0.15) is 107 Å². The number of piperidine rings is 4. The fourth-order valence-corrected chi connectivity index (χ4v) is 17.0. The van der Waals surface area contributed by atoms with E-state index in [0.717, 1.165) is 25.4 Å². The lowest BCUT2D eigenvalue weighted by molar-refractivity contribution is -0.0322. The Bertz CT molecular complexity index is 3040. The van der Waals surface area contributed by atoms with Crippen LogP contribution >= 0.6 is 0 Å². The lowest BCUT2D eigenvalue weighted by Gasteiger charge is -2.58. The molecule has 6 fully saturated rings. The van der Waals surface area contributed by atoms with Gasteiger partial charge in [0.15, 0.2) is 11.6 Å². The van der Waals surface area contributed by atoms with Crippen LogP contribution in [0, 0.1) is 49.2 Å². The average molecular weight is 1110 g/mol. The molecule has 2 aliphatic carbocycles. The lowest BCUT2D eigenvalue weighted by Crippen LogP contribution is -2.71. The van der Waals surface area contributed by atoms with Crippen molar-refractivity contribution in [3.05, 3.63) is 130 Å². The molecule has 0 aromatic heterocycles. The highest BCUT2D eigenvalue weighted by Gasteiger charge is 2.78. The largest absolute Gasteiger partial charge is 0.508 e. The third kappa shape index (κ3) is 9.25. The molecule has 10 atom stereocenters. The van der Waals surface area contributed by atoms with Gasteiger partial charge >= 0.3 is 6.03 Å². The minimum atomic E-state index is -3.79. The first-order chi connectivity index (χ1) is 36.9. The van der Waals surface area contributed by atoms with E-state index in [0.29, 0.717) is 61.3 Å². The molecule has 4 saturated heterocycles. The predicted molar refractivity (Wildman–Crippen MR) is 293 cm³/mol. The van der Waals surface area contributed by atoms with Crippen molar-refractivity contribution in [2.24, 2.45) is 23.7 Å². The van der Waals surface area contributed by atoms with Gasteiger partial charge in [-0.05, 0) is 175 Å². The maximum Gasteiger partial charge on any atom is 0.321 e. The Morgan fingerprint density at radius 2 is 1.01 bits per heavy atom. The molecule has 4 heterocycles. The third-order valence-electron chi connectivity index (χ3n) is 19.6. The summed E-state index contributed by atoms with van der Waals surface area (Å²) in [5.74, 6) is -4.25. The molecule has 420 valence electrons. The van der Waals surface area contributed by atoms with Crippen LogP contribution in [-0.4, -0.2) is 152 Å². The highest BCUT2D eigenvalue weighted by molar-refractivity contribution is 7.88. The number of benzene rings is 4. The molecule has 0 spiro atoms. The smallest absolute Gasteiger partial charge is 0.321 e. The number of likely N-dealkylation sites (tertiary alicyclic amines) is 2. The molecular weight excluding hydrogens is 1040 g/mol. The van der Waals surface area contributed by atoms with Crippen molar-refractivity contribution in [2.75, 3.05) is 65.9 Å². The van der Waals surface area contributed by atoms with E-state index >= 15 is 23.2 Å². The number of sulfonamides is 2. The quantitative estimate of drug-likeness (QED) is 0.0823. The minimum absolute atomic E-state index is 0.0449. The number of rotatable bonds is 16. The number of urea groups is 1. The SMILES string of the molecule is Cc1c(F)cccc1[C@@]12C[C@](CCN(C)S(C)(=O)=O)(CC1C(=O)c1cccc(O)c1)N(C(=O)N1[C@H](C3CCCNC3)[C@]3(c4cccc(F)c4C)C[C@]1(CCN(C)S(C)(=O)=O)CC3C(=O)c1cccc(O)c1)[C@@H]2C1CCCNC1. The van der Waals surface area contributed by atoms with E-state index in [1.165, 1.54) is 59.1 Å². The first kappa shape index (κ1) is 56.0. The summed E-state index contributed by atoms with van der Waals surface area (Å²) in [5.41, 5.74) is -2.88. The van der Waals surface area contributed by atoms with E-state index < -0.39 is 83.5 Å². The van der Waals surface area contributed by atoms with Gasteiger partial charge in [0, 0.05) is 84.1 Å². The maximum absolute atomic E-state index is 17.8. The van der Waals surface area contributed by atoms with Gasteiger partial charge in [0.25, 0.3) is 0 Å². The Labute approximate surface area is 457 Å². The van der Waals surface area contributed by atoms with E-state index in [-0.39, 0.29) is 97.6 Å². The molecule has 4 bridgehead atoms. The van der Waals surface area contributed by atoms with Crippen molar-refractivity contribution in [1.29, 1.82) is 0 Å². The summed E-state index contributed by atoms with van der Waals surface area (Å²) in [7, 11) is -4.61. The van der Waals surface area contributed by atoms with Crippen molar-refractivity contribution in [2.45, 2.75) is 112 Å². The van der Waals surface area contributed by atoms with Crippen molar-refractivity contribution in [1.82, 2.24) is 29.0 Å². The Morgan fingerprint density at radius 3 is 1.36 bits per heavy atom. The monoisotopic (exact) mass is 1110 g/mol. The van der Waals surface area contributed by atoms with Crippen LogP contribution < -0.4 is 10.6 Å². The second-order valence-corrected chi connectivity index (χ2v) is 28.0. The van der Waals surface area contributed by atoms with Crippen LogP contribution in [0.4, 0.5) is 13.6 Å². The molecule has 0 radical (unpaired) electrons. The van der Waals surface area contributed by atoms with Gasteiger partial charge < -0.3 is 30.6 Å². The number of halogens is 2. The number of phenolic OH excluding ortho intramolecular Hbond substituents is 2. The summed E-state index contributed by atoms with van der Waals surface area (Å²) in [5, 5.41) is 28.8. The number of hydrogen-bond acceptors (Lipinski definition) is 11. The summed E-state index contributed by atoms with van der Waals surface area (Å²) in [6.07, 6.45) is 5.50. The zero-order valence-electron chi connectivity index (χ0n) is 45.5. The summed E-state index contributed by atoms with van der Waals surface area (Å²) in [6.45, 7) is 5.57. The minimum Gasteiger partial charge on any atom is -0.508 e. The number of phenols is 2. The van der Waals surface area contributed by atoms with E-state index in [9.17, 15) is 27.0 Å². The van der Waals surface area contributed by atoms with Crippen LogP contribution in [0.5, 0.6) is 11.5 Å². The van der Waals surface area contributed by atoms with Crippen molar-refractivity contribution >= 4 is 37.6 Å². The normalized spacial score (nSPS) is 30.9. The molecule has 10 rings (SSSR count). The third-order valence-corrected chi connectivity index (χ3v) is 22.2. The predicted octanol–water partition coefficient (Wildman–Crippen LogP) is 7.28. The van der Waals surface area contributed by atoms with E-state index in [1.807, 2.05) is 21.9 Å². The highest BCUT2D eigenvalue weighted by Crippen LogP contribution is 2.70. The molecule has 6 aliphatic rings. The molecule has 4 aromatic carbocycles. The molecule has 19 heteroatoms. The number of amides is 2. The van der Waals surface area contributed by atoms with Crippen LogP contribution in [0.3, 0.4) is 0 Å². The topological polar surface area (TPSA) is 197 Å². The van der Waals surface area contributed by atoms with Crippen molar-refractivity contribution in [3.8, 4) is 11.5 Å². The first-order valence-electron chi connectivity index (χ1n) is 27.4. The number of hydrogen-bond donors (Lipinski definition) is 4. The van der Waals surface area contributed by atoms with Gasteiger partial charge in [0.05, 0.1) is 12.5 Å². The van der Waals surface area contributed by atoms with Gasteiger partial charge in [-0.2, -0.15) is 0 Å². The first-order valence-corrected chi connectivity index (χ1v) is 31.1. The maximum atomic E-state index is 17.8. The van der Waals surface area contributed by atoms with Crippen LogP contribution in [-0.2, 0) is 30.9 Å². The molecule has 78 heavy (non-hydrogen) atoms. The van der Waals surface area contributed by atoms with E-state index in [4.69, 9.17) is 0 Å². The second-order valence-electron chi connectivity index (χ2n) is 23.8. The fraction of sp³-hybridized carbons (Fsp3) is 0.542. The van der Waals surface area contributed by atoms with Gasteiger partial charge in [-0.3, -0.25) is 9.59 Å². The van der Waals surface area contributed by atoms with Gasteiger partial charge in [-0.25, -0.2) is 39.0 Å². The molecule has 4 N–H and O–H groups in total. The van der Waals surface area contributed by atoms with Gasteiger partial charge in [0.2, 0.25) is 20.0 Å². The zero-order valence-corrected chi connectivity index (χ0v) is 47.1. The van der Waals surface area contributed by atoms with Crippen molar-refractivity contribution < 1.29 is 50.2 Å². The number of nitrogens with zero attached hydrogens (tertiary/aromatic N) is 4. The highest BCUT2D eigenvalue weighted by atomic mass is 32.2. The Morgan fingerprint density at radius 1 is 0.628 bits per heavy atom. The molecule has 15 nitrogen and oxygen atoms in total. The standard InChI is InChI=1S/C59H74F2N6O9S2/c1-37-45(19-9-21-49(37)60)58-35-56(23-27-64(3)77(5,73)74,31-47(58)51(70)39-13-7-17-43(68)29-39)66(53(58)41-15-11-25-62-33-41)55(72)67-54(42-16-12-26-63-34-42)59(46-20-10-22-50(61)38(46)2)36-57(67,24-28-65(4)78(6,75)76)32-48(59)52(71)40-14-8-18-44(69)30-40/h7-10,13-14,17-22,29-30,41-42,47-48,53-54,62-63,68-69H,11-12,15-16,23-28,31-36H2,1-6H3/t41?,42?,47?,48?,53-,54-,56+,57+,58+,59+/m1/s1. The number of ketones is 2. The number of carbonyl (C=O) groups excluding carboxylic acids is 3. The van der Waals surface area contributed by atoms with E-state index in [1.54, 1.807) is 50.2 Å². The summed E-state index contributed by atoms with van der Waals surface area (Å²) in [4.78, 5) is 53.2. The van der Waals surface area contributed by atoms with Crippen LogP contribution in [0.2, 0.25) is 0 Å². The summed E-state index contributed by atoms with van der Waals surface area (Å²) < 4.78 is 89.2. The molecule has 4 aliphatic heterocycles. The van der Waals surface area contributed by atoms with Gasteiger partial charge in [0.1, 0.15) is 23.1 Å². The number of Topliss-reactive ketones (excluding diaryl/α,β-unsaturated/α-hetero) is 2. The molecular formula is C59H74F2N6O9S2. The molecule has 2 saturated carbocycles. The van der Waals surface area contributed by atoms with Crippen molar-refractivity contribution in [3.63, 3.8) is 0 Å². The van der Waals surface area contributed by atoms with Gasteiger partial charge in [-0.1, -0.05) is 48.5 Å². The van der Waals surface area contributed by atoms with Crippen LogP contribution in [0.25, 0.3) is 0 Å². The molecule has 4 unspecified atom stereocenters. The Balaban J connectivity index is 1.27. The summed E-state index contributed by atoms with van der Waals surface area (Å²) in [6, 6.07) is 20.0. The molecule has 2 amide bonds. The average Bonchev–Trinajstić information content (AvgIpc) is 2.78. The fourth-order valence-electron chi connectivity index (χ4n) is 16.1. The van der Waals surface area contributed by atoms with E-state index in [2.05, 4.69) is 10.6 Å². The lowest BCUT2D eigenvalue weighted by atomic mass is 9.60. The van der Waals surface area contributed by atoms with Gasteiger partial charge in [-0.15, -0.1) is 0 Å². The van der Waals surface area contributed by atoms with Crippen LogP contribution in [0.15, 0.2) is 84.9 Å². The second kappa shape index (κ2) is 20.7. The zero-order chi connectivity index (χ0) is 55.9. The summed E-state index contributed by atoms with van der Waals surface area (Å²) >= 11 is 0. The number of carbonyl (C=O) groups is 3. The number of nitrogens with one attached hydrogen (secondary N) is 2.